The zero-order chi connectivity index (χ0) is 9.14. The normalized spacial score (nSPS) is 9.58. The van der Waals surface area contributed by atoms with Gasteiger partial charge in [0.25, 0.3) is 0 Å². The Bertz CT molecular complexity index is 314. The van der Waals surface area contributed by atoms with E-state index in [2.05, 4.69) is 53.1 Å². The molecule has 1 N–H and O–H groups in total. The third-order valence-corrected chi connectivity index (χ3v) is 4.62. The standard InChI is InChI=1S/C7H4Br3NO/c8-4-1-2-5(11-3-12)7(10)6(4)9/h1-3H,(H,11,12). The monoisotopic (exact) mass is 355 g/mol. The first-order valence-electron chi connectivity index (χ1n) is 3.00. The molecule has 64 valence electrons. The van der Waals surface area contributed by atoms with Crippen LogP contribution in [0.3, 0.4) is 0 Å². The summed E-state index contributed by atoms with van der Waals surface area (Å²) in [4.78, 5) is 10.2. The van der Waals surface area contributed by atoms with Gasteiger partial charge in [-0.05, 0) is 59.9 Å². The molecular formula is C7H4Br3NO. The van der Waals surface area contributed by atoms with Crippen LogP contribution in [0.1, 0.15) is 0 Å². The number of carbonyl (C=O) groups excluding carboxylic acids is 1. The van der Waals surface area contributed by atoms with Crippen LogP contribution in [0.2, 0.25) is 0 Å². The van der Waals surface area contributed by atoms with E-state index in [1.54, 1.807) is 6.07 Å². The summed E-state index contributed by atoms with van der Waals surface area (Å²) in [6.07, 6.45) is 0.639. The Labute approximate surface area is 95.1 Å². The number of anilines is 1. The lowest BCUT2D eigenvalue weighted by Gasteiger charge is -2.05. The van der Waals surface area contributed by atoms with Crippen LogP contribution < -0.4 is 5.32 Å². The predicted octanol–water partition coefficient (Wildman–Crippen LogP) is 3.54. The van der Waals surface area contributed by atoms with Crippen molar-refractivity contribution < 1.29 is 4.79 Å². The Balaban J connectivity index is 3.16. The van der Waals surface area contributed by atoms with Crippen molar-refractivity contribution >= 4 is 59.9 Å². The summed E-state index contributed by atoms with van der Waals surface area (Å²) in [7, 11) is 0. The van der Waals surface area contributed by atoms with Gasteiger partial charge in [0.2, 0.25) is 6.41 Å². The van der Waals surface area contributed by atoms with Crippen LogP contribution in [0.5, 0.6) is 0 Å². The summed E-state index contributed by atoms with van der Waals surface area (Å²) in [5, 5.41) is 2.57. The molecule has 1 amide bonds. The zero-order valence-electron chi connectivity index (χ0n) is 5.77. The molecule has 1 rings (SSSR count). The predicted molar refractivity (Wildman–Crippen MR) is 59.2 cm³/mol. The van der Waals surface area contributed by atoms with E-state index < -0.39 is 0 Å². The Hall–Kier alpha value is 0.130. The van der Waals surface area contributed by atoms with Gasteiger partial charge in [0.05, 0.1) is 10.2 Å². The van der Waals surface area contributed by atoms with Crippen molar-refractivity contribution in [2.45, 2.75) is 0 Å². The van der Waals surface area contributed by atoms with Gasteiger partial charge in [0.15, 0.2) is 0 Å². The second-order valence-corrected chi connectivity index (χ2v) is 4.43. The minimum Gasteiger partial charge on any atom is -0.328 e. The van der Waals surface area contributed by atoms with E-state index in [4.69, 9.17) is 0 Å². The minimum absolute atomic E-state index is 0.639. The molecular weight excluding hydrogens is 354 g/mol. The first-order chi connectivity index (χ1) is 5.66. The summed E-state index contributed by atoms with van der Waals surface area (Å²) in [5.74, 6) is 0. The molecule has 0 unspecified atom stereocenters. The van der Waals surface area contributed by atoms with Crippen LogP contribution in [-0.2, 0) is 4.79 Å². The lowest BCUT2D eigenvalue weighted by molar-refractivity contribution is -0.105. The van der Waals surface area contributed by atoms with Gasteiger partial charge < -0.3 is 5.32 Å². The molecule has 0 aliphatic heterocycles. The SMILES string of the molecule is O=CNc1ccc(Br)c(Br)c1Br. The third-order valence-electron chi connectivity index (χ3n) is 1.25. The van der Waals surface area contributed by atoms with Crippen LogP contribution >= 0.6 is 47.8 Å². The molecule has 1 aromatic carbocycles. The third kappa shape index (κ3) is 2.08. The number of carbonyl (C=O) groups is 1. The molecule has 0 radical (unpaired) electrons. The fraction of sp³-hybridized carbons (Fsp3) is 0. The fourth-order valence-corrected chi connectivity index (χ4v) is 2.10. The highest BCUT2D eigenvalue weighted by Gasteiger charge is 2.05. The smallest absolute Gasteiger partial charge is 0.211 e. The van der Waals surface area contributed by atoms with Crippen molar-refractivity contribution in [3.63, 3.8) is 0 Å². The number of amides is 1. The molecule has 0 aromatic heterocycles. The Kier molecular flexibility index (Phi) is 3.74. The molecule has 5 heteroatoms. The zero-order valence-corrected chi connectivity index (χ0v) is 10.5. The van der Waals surface area contributed by atoms with Crippen molar-refractivity contribution in [1.82, 2.24) is 0 Å². The number of nitrogens with one attached hydrogen (secondary N) is 1. The second-order valence-electron chi connectivity index (χ2n) is 1.99. The van der Waals surface area contributed by atoms with Crippen LogP contribution in [-0.4, -0.2) is 6.41 Å². The highest BCUT2D eigenvalue weighted by molar-refractivity contribution is 9.14. The van der Waals surface area contributed by atoms with E-state index in [9.17, 15) is 4.79 Å². The molecule has 2 nitrogen and oxygen atoms in total. The van der Waals surface area contributed by atoms with Gasteiger partial charge in [-0.25, -0.2) is 0 Å². The molecule has 0 saturated carbocycles. The molecule has 0 aliphatic carbocycles. The van der Waals surface area contributed by atoms with E-state index in [0.29, 0.717) is 6.41 Å². The molecule has 0 bridgehead atoms. The maximum atomic E-state index is 10.2. The number of hydrogen-bond acceptors (Lipinski definition) is 1. The van der Waals surface area contributed by atoms with Gasteiger partial charge >= 0.3 is 0 Å². The van der Waals surface area contributed by atoms with Crippen LogP contribution in [0.4, 0.5) is 5.69 Å². The maximum Gasteiger partial charge on any atom is 0.211 e. The topological polar surface area (TPSA) is 29.1 Å². The van der Waals surface area contributed by atoms with E-state index >= 15 is 0 Å². The minimum atomic E-state index is 0.639. The Morgan fingerprint density at radius 1 is 1.17 bits per heavy atom. The molecule has 0 fully saturated rings. The van der Waals surface area contributed by atoms with E-state index in [-0.39, 0.29) is 0 Å². The molecule has 0 atom stereocenters. The quantitative estimate of drug-likeness (QED) is 0.636. The van der Waals surface area contributed by atoms with Gasteiger partial charge in [-0.1, -0.05) is 0 Å². The van der Waals surface area contributed by atoms with Crippen LogP contribution in [0, 0.1) is 0 Å². The first kappa shape index (κ1) is 10.2. The average molecular weight is 358 g/mol. The van der Waals surface area contributed by atoms with E-state index in [1.807, 2.05) is 6.07 Å². The number of halogens is 3. The van der Waals surface area contributed by atoms with Crippen molar-refractivity contribution in [3.05, 3.63) is 25.6 Å². The van der Waals surface area contributed by atoms with E-state index in [1.165, 1.54) is 0 Å². The maximum absolute atomic E-state index is 10.2. The van der Waals surface area contributed by atoms with Gasteiger partial charge in [-0.15, -0.1) is 0 Å². The van der Waals surface area contributed by atoms with Crippen molar-refractivity contribution in [1.29, 1.82) is 0 Å². The van der Waals surface area contributed by atoms with Gasteiger partial charge in [-0.2, -0.15) is 0 Å². The average Bonchev–Trinajstić information content (AvgIpc) is 2.07. The van der Waals surface area contributed by atoms with Crippen molar-refractivity contribution in [3.8, 4) is 0 Å². The van der Waals surface area contributed by atoms with Gasteiger partial charge in [0.1, 0.15) is 0 Å². The van der Waals surface area contributed by atoms with Gasteiger partial charge in [0, 0.05) is 8.95 Å². The summed E-state index contributed by atoms with van der Waals surface area (Å²) >= 11 is 10.0. The van der Waals surface area contributed by atoms with Crippen LogP contribution in [0.15, 0.2) is 25.6 Å². The number of rotatable bonds is 2. The lowest BCUT2D eigenvalue weighted by atomic mass is 10.3. The number of benzene rings is 1. The van der Waals surface area contributed by atoms with E-state index in [0.717, 1.165) is 19.1 Å². The molecule has 0 aliphatic rings. The van der Waals surface area contributed by atoms with Crippen molar-refractivity contribution in [2.75, 3.05) is 5.32 Å². The summed E-state index contributed by atoms with van der Waals surface area (Å²) in [6, 6.07) is 3.65. The second kappa shape index (κ2) is 4.39. The summed E-state index contributed by atoms with van der Waals surface area (Å²) in [5.41, 5.74) is 0.736. The van der Waals surface area contributed by atoms with Crippen molar-refractivity contribution in [2.24, 2.45) is 0 Å². The molecule has 12 heavy (non-hydrogen) atoms. The highest BCUT2D eigenvalue weighted by Crippen LogP contribution is 2.35. The Morgan fingerprint density at radius 2 is 1.83 bits per heavy atom. The summed E-state index contributed by atoms with van der Waals surface area (Å²) in [6.45, 7) is 0. The highest BCUT2D eigenvalue weighted by atomic mass is 79.9. The molecule has 0 spiro atoms. The summed E-state index contributed by atoms with van der Waals surface area (Å²) < 4.78 is 2.64. The largest absolute Gasteiger partial charge is 0.328 e. The molecule has 0 saturated heterocycles. The molecule has 1 aromatic rings. The fourth-order valence-electron chi connectivity index (χ4n) is 0.701. The van der Waals surface area contributed by atoms with Crippen LogP contribution in [0.25, 0.3) is 0 Å². The lowest BCUT2D eigenvalue weighted by Crippen LogP contribution is -1.94. The first-order valence-corrected chi connectivity index (χ1v) is 5.38. The Morgan fingerprint density at radius 3 is 2.42 bits per heavy atom. The molecule has 0 heterocycles. The number of hydrogen-bond donors (Lipinski definition) is 1. The van der Waals surface area contributed by atoms with Gasteiger partial charge in [-0.3, -0.25) is 4.79 Å².